The average Bonchev–Trinajstić information content (AvgIpc) is 2.14. The molecule has 0 bridgehead atoms. The number of carbonyl (C=O) groups is 1. The molecule has 0 aliphatic heterocycles. The number of benzene rings is 1. The first-order valence-electron chi connectivity index (χ1n) is 4.51. The minimum atomic E-state index is 0.339. The number of aryl methyl sites for hydroxylation is 2. The molecule has 3 heteroatoms. The lowest BCUT2D eigenvalue weighted by Gasteiger charge is -2.11. The molecule has 0 fully saturated rings. The second-order valence-corrected chi connectivity index (χ2v) is 3.19. The van der Waals surface area contributed by atoms with Gasteiger partial charge in [0.05, 0.1) is 13.7 Å². The van der Waals surface area contributed by atoms with Crippen molar-refractivity contribution in [3.8, 4) is 5.75 Å². The van der Waals surface area contributed by atoms with E-state index in [1.54, 1.807) is 7.11 Å². The summed E-state index contributed by atoms with van der Waals surface area (Å²) in [5.41, 5.74) is 3.09. The highest BCUT2D eigenvalue weighted by atomic mass is 16.5. The number of aldehydes is 1. The van der Waals surface area contributed by atoms with Crippen LogP contribution in [0.5, 0.6) is 5.75 Å². The fourth-order valence-corrected chi connectivity index (χ4v) is 1.53. The average molecular weight is 193 g/mol. The van der Waals surface area contributed by atoms with E-state index in [-0.39, 0.29) is 0 Å². The summed E-state index contributed by atoms with van der Waals surface area (Å²) >= 11 is 0. The first kappa shape index (κ1) is 10.6. The Morgan fingerprint density at radius 3 is 2.36 bits per heavy atom. The van der Waals surface area contributed by atoms with E-state index in [1.807, 2.05) is 26.0 Å². The molecule has 0 aliphatic rings. The van der Waals surface area contributed by atoms with Crippen LogP contribution in [-0.4, -0.2) is 19.9 Å². The number of methoxy groups -OCH3 is 1. The Morgan fingerprint density at radius 2 is 1.93 bits per heavy atom. The van der Waals surface area contributed by atoms with Gasteiger partial charge in [0.25, 0.3) is 0 Å². The van der Waals surface area contributed by atoms with Gasteiger partial charge in [-0.1, -0.05) is 0 Å². The van der Waals surface area contributed by atoms with Gasteiger partial charge in [-0.15, -0.1) is 0 Å². The molecule has 1 aromatic carbocycles. The highest BCUT2D eigenvalue weighted by Gasteiger charge is 2.04. The molecule has 14 heavy (non-hydrogen) atoms. The van der Waals surface area contributed by atoms with Crippen molar-refractivity contribution in [2.24, 2.45) is 0 Å². The number of hydrogen-bond donors (Lipinski definition) is 1. The first-order chi connectivity index (χ1) is 6.69. The highest BCUT2D eigenvalue weighted by molar-refractivity contribution is 5.62. The molecular formula is C11H15NO2. The second kappa shape index (κ2) is 4.65. The van der Waals surface area contributed by atoms with Crippen LogP contribution in [0.4, 0.5) is 5.69 Å². The van der Waals surface area contributed by atoms with Gasteiger partial charge in [0.1, 0.15) is 12.0 Å². The summed E-state index contributed by atoms with van der Waals surface area (Å²) in [7, 11) is 1.66. The molecule has 1 aromatic rings. The van der Waals surface area contributed by atoms with Crippen molar-refractivity contribution in [2.75, 3.05) is 19.0 Å². The van der Waals surface area contributed by atoms with Gasteiger partial charge in [-0.3, -0.25) is 0 Å². The Hall–Kier alpha value is -1.51. The number of anilines is 1. The van der Waals surface area contributed by atoms with Gasteiger partial charge in [0.2, 0.25) is 0 Å². The zero-order valence-electron chi connectivity index (χ0n) is 8.76. The predicted molar refractivity (Wildman–Crippen MR) is 57.0 cm³/mol. The molecule has 0 radical (unpaired) electrons. The topological polar surface area (TPSA) is 38.3 Å². The number of hydrogen-bond acceptors (Lipinski definition) is 3. The van der Waals surface area contributed by atoms with Crippen molar-refractivity contribution in [2.45, 2.75) is 13.8 Å². The molecule has 0 aliphatic carbocycles. The molecule has 0 unspecified atom stereocenters. The number of carbonyl (C=O) groups excluding carboxylic acids is 1. The van der Waals surface area contributed by atoms with E-state index in [0.29, 0.717) is 6.54 Å². The molecule has 0 heterocycles. The van der Waals surface area contributed by atoms with E-state index in [0.717, 1.165) is 28.8 Å². The Bertz CT molecular complexity index is 311. The standard InChI is InChI=1S/C11H15NO2/c1-8-6-10(12-4-5-13)7-9(2)11(8)14-3/h5-7,12H,4H2,1-3H3. The molecule has 1 N–H and O–H groups in total. The summed E-state index contributed by atoms with van der Waals surface area (Å²) in [6.07, 6.45) is 0.842. The third kappa shape index (κ3) is 2.25. The van der Waals surface area contributed by atoms with E-state index in [1.165, 1.54) is 0 Å². The Morgan fingerprint density at radius 1 is 1.36 bits per heavy atom. The quantitative estimate of drug-likeness (QED) is 0.742. The molecule has 0 saturated heterocycles. The third-order valence-corrected chi connectivity index (χ3v) is 2.05. The monoisotopic (exact) mass is 193 g/mol. The molecular weight excluding hydrogens is 178 g/mol. The van der Waals surface area contributed by atoms with Crippen LogP contribution in [0.2, 0.25) is 0 Å². The summed E-state index contributed by atoms with van der Waals surface area (Å²) in [4.78, 5) is 10.2. The van der Waals surface area contributed by atoms with E-state index in [4.69, 9.17) is 4.74 Å². The SMILES string of the molecule is COc1c(C)cc(NCC=O)cc1C. The maximum absolute atomic E-state index is 10.2. The van der Waals surface area contributed by atoms with Crippen molar-refractivity contribution in [3.63, 3.8) is 0 Å². The minimum Gasteiger partial charge on any atom is -0.496 e. The number of nitrogens with one attached hydrogen (secondary N) is 1. The molecule has 0 amide bonds. The fourth-order valence-electron chi connectivity index (χ4n) is 1.53. The van der Waals surface area contributed by atoms with Gasteiger partial charge in [0.15, 0.2) is 0 Å². The minimum absolute atomic E-state index is 0.339. The van der Waals surface area contributed by atoms with Gasteiger partial charge >= 0.3 is 0 Å². The first-order valence-corrected chi connectivity index (χ1v) is 4.51. The lowest BCUT2D eigenvalue weighted by Crippen LogP contribution is -2.03. The predicted octanol–water partition coefficient (Wildman–Crippen LogP) is 1.92. The zero-order valence-corrected chi connectivity index (χ0v) is 8.76. The van der Waals surface area contributed by atoms with Crippen LogP contribution in [0, 0.1) is 13.8 Å². The smallest absolute Gasteiger partial charge is 0.139 e. The van der Waals surface area contributed by atoms with Crippen LogP contribution in [0.3, 0.4) is 0 Å². The van der Waals surface area contributed by atoms with Crippen LogP contribution < -0.4 is 10.1 Å². The Kier molecular flexibility index (Phi) is 3.51. The lowest BCUT2D eigenvalue weighted by molar-refractivity contribution is -0.106. The van der Waals surface area contributed by atoms with Crippen LogP contribution in [0.1, 0.15) is 11.1 Å². The van der Waals surface area contributed by atoms with Crippen molar-refractivity contribution < 1.29 is 9.53 Å². The Labute approximate surface area is 84.1 Å². The van der Waals surface area contributed by atoms with E-state index < -0.39 is 0 Å². The molecule has 0 atom stereocenters. The van der Waals surface area contributed by atoms with E-state index >= 15 is 0 Å². The lowest BCUT2D eigenvalue weighted by atomic mass is 10.1. The molecule has 0 spiro atoms. The van der Waals surface area contributed by atoms with Crippen molar-refractivity contribution in [3.05, 3.63) is 23.3 Å². The maximum atomic E-state index is 10.2. The van der Waals surface area contributed by atoms with E-state index in [2.05, 4.69) is 5.32 Å². The molecule has 0 aromatic heterocycles. The second-order valence-electron chi connectivity index (χ2n) is 3.19. The zero-order chi connectivity index (χ0) is 10.6. The summed E-state index contributed by atoms with van der Waals surface area (Å²) in [6.45, 7) is 4.31. The number of rotatable bonds is 4. The molecule has 3 nitrogen and oxygen atoms in total. The van der Waals surface area contributed by atoms with Crippen LogP contribution in [-0.2, 0) is 4.79 Å². The molecule has 1 rings (SSSR count). The van der Waals surface area contributed by atoms with Gasteiger partial charge in [-0.2, -0.15) is 0 Å². The Balaban J connectivity index is 2.95. The largest absolute Gasteiger partial charge is 0.496 e. The summed E-state index contributed by atoms with van der Waals surface area (Å²) < 4.78 is 5.24. The van der Waals surface area contributed by atoms with Crippen LogP contribution >= 0.6 is 0 Å². The maximum Gasteiger partial charge on any atom is 0.139 e. The van der Waals surface area contributed by atoms with Crippen molar-refractivity contribution in [1.82, 2.24) is 0 Å². The summed E-state index contributed by atoms with van der Waals surface area (Å²) in [6, 6.07) is 3.94. The van der Waals surface area contributed by atoms with E-state index in [9.17, 15) is 4.79 Å². The number of ether oxygens (including phenoxy) is 1. The van der Waals surface area contributed by atoms with Crippen LogP contribution in [0.15, 0.2) is 12.1 Å². The summed E-state index contributed by atoms with van der Waals surface area (Å²) in [5, 5.41) is 3.00. The van der Waals surface area contributed by atoms with Crippen molar-refractivity contribution >= 4 is 12.0 Å². The van der Waals surface area contributed by atoms with Gasteiger partial charge in [0, 0.05) is 5.69 Å². The van der Waals surface area contributed by atoms with Gasteiger partial charge in [-0.05, 0) is 37.1 Å². The normalized spacial score (nSPS) is 9.64. The van der Waals surface area contributed by atoms with Gasteiger partial charge < -0.3 is 14.8 Å². The third-order valence-electron chi connectivity index (χ3n) is 2.05. The van der Waals surface area contributed by atoms with Gasteiger partial charge in [-0.25, -0.2) is 0 Å². The highest BCUT2D eigenvalue weighted by Crippen LogP contribution is 2.26. The van der Waals surface area contributed by atoms with Crippen molar-refractivity contribution in [1.29, 1.82) is 0 Å². The summed E-state index contributed by atoms with van der Waals surface area (Å²) in [5.74, 6) is 0.904. The molecule has 76 valence electrons. The fraction of sp³-hybridized carbons (Fsp3) is 0.364. The van der Waals surface area contributed by atoms with Crippen LogP contribution in [0.25, 0.3) is 0 Å². The molecule has 0 saturated carbocycles.